The molecule has 0 aromatic carbocycles. The average molecular weight is 1190 g/mol. The van der Waals surface area contributed by atoms with Crippen molar-refractivity contribution in [2.75, 3.05) is 6.61 Å². The average Bonchev–Trinajstić information content (AvgIpc) is 3.77. The fraction of sp³-hybridized carbons (Fsp3) is 0.855. The van der Waals surface area contributed by atoms with Gasteiger partial charge >= 0.3 is 59.1 Å². The van der Waals surface area contributed by atoms with Gasteiger partial charge in [0.15, 0.2) is 0 Å². The molecule has 11 aliphatic heterocycles. The molecule has 0 bridgehead atoms. The van der Waals surface area contributed by atoms with E-state index in [9.17, 15) is 36.2 Å². The van der Waals surface area contributed by atoms with E-state index in [1.807, 2.05) is 6.92 Å². The summed E-state index contributed by atoms with van der Waals surface area (Å²) in [6.07, 6.45) is 1.11. The Morgan fingerprint density at radius 1 is 0.725 bits per heavy atom. The molecule has 26 atom stereocenters. The molecule has 80 heavy (non-hydrogen) atoms. The summed E-state index contributed by atoms with van der Waals surface area (Å²) in [6.45, 7) is 23.3. The Bertz CT molecular complexity index is 2560. The van der Waals surface area contributed by atoms with Crippen LogP contribution < -0.4 is 59.1 Å². The van der Waals surface area contributed by atoms with Gasteiger partial charge in [0.05, 0.1) is 121 Å². The number of hydrogen-bond donors (Lipinski definition) is 2. The number of aliphatic hydroxyl groups excluding tert-OH is 1. The number of rotatable bonds is 12. The summed E-state index contributed by atoms with van der Waals surface area (Å²) in [6, 6.07) is 0. The van der Waals surface area contributed by atoms with E-state index in [2.05, 4.69) is 44.7 Å². The third-order valence-electron chi connectivity index (χ3n) is 19.5. The van der Waals surface area contributed by atoms with Crippen LogP contribution in [0.5, 0.6) is 0 Å². The molecule has 0 amide bonds. The number of aliphatic hydroxyl groups is 2. The monoisotopic (exact) mass is 1190 g/mol. The molecular formula is C55H80Na2O21S2. The van der Waals surface area contributed by atoms with E-state index in [0.717, 1.165) is 5.57 Å². The van der Waals surface area contributed by atoms with E-state index in [1.165, 1.54) is 0 Å². The molecule has 11 aliphatic rings. The van der Waals surface area contributed by atoms with Crippen molar-refractivity contribution in [3.63, 3.8) is 0 Å². The van der Waals surface area contributed by atoms with Crippen molar-refractivity contribution < 1.29 is 156 Å². The maximum atomic E-state index is 12.3. The van der Waals surface area contributed by atoms with Crippen LogP contribution in [0.1, 0.15) is 131 Å². The molecule has 0 saturated carbocycles. The Morgan fingerprint density at radius 2 is 1.30 bits per heavy atom. The maximum absolute atomic E-state index is 12.3. The maximum Gasteiger partial charge on any atom is 1.00 e. The van der Waals surface area contributed by atoms with Crippen molar-refractivity contribution in [2.24, 2.45) is 5.92 Å². The Hall–Kier alpha value is 0.180. The quantitative estimate of drug-likeness (QED) is 0.0555. The van der Waals surface area contributed by atoms with Gasteiger partial charge in [-0.15, -0.1) is 6.58 Å². The zero-order valence-electron chi connectivity index (χ0n) is 47.6. The second-order valence-electron chi connectivity index (χ2n) is 25.5. The third-order valence-corrected chi connectivity index (χ3v) is 20.4. The molecule has 0 spiro atoms. The molecule has 21 nitrogen and oxygen atoms in total. The van der Waals surface area contributed by atoms with E-state index in [1.54, 1.807) is 32.1 Å². The molecule has 440 valence electrons. The molecule has 0 aromatic rings. The Balaban J connectivity index is 0.00000387. The molecule has 25 heteroatoms. The molecule has 11 heterocycles. The molecular weight excluding hydrogens is 1110 g/mol. The van der Waals surface area contributed by atoms with Crippen LogP contribution in [0, 0.1) is 5.92 Å². The van der Waals surface area contributed by atoms with Crippen LogP contribution in [0.2, 0.25) is 0 Å². The van der Waals surface area contributed by atoms with Crippen LogP contribution in [-0.4, -0.2) is 193 Å². The smallest absolute Gasteiger partial charge is 0.726 e. The fourth-order valence-electron chi connectivity index (χ4n) is 15.6. The van der Waals surface area contributed by atoms with E-state index in [-0.39, 0.29) is 133 Å². The van der Waals surface area contributed by atoms with E-state index in [0.29, 0.717) is 76.2 Å². The number of fused-ring (bicyclic) bond motifs is 10. The van der Waals surface area contributed by atoms with Crippen molar-refractivity contribution >= 4 is 20.8 Å². The van der Waals surface area contributed by atoms with Crippen LogP contribution >= 0.6 is 0 Å². The molecule has 0 unspecified atom stereocenters. The summed E-state index contributed by atoms with van der Waals surface area (Å²) in [5.41, 5.74) is -3.70. The standard InChI is InChI=1S/C55H82O21S2.2Na/c1-10-12-28(2)13-16-51(5,57)50-29(3)19-39-38(71-50)25-46-55(9,74-39)49(56)48-42(70-46)23-41-47(72-48)30(4)27-54(8)44(69-41)26-43-53(7,76-54)17-14-31-32(68-43)20-34-33(65-31)21-35-36(66-34)22-40-37(67-35)24-45(75-78(61,62)63)52(6,73-40)15-11-18-64-77(58,59)60;;/h10,13,16,30-50,56-57H,1-3,11-12,14-15,17-27H2,4-9H3,(H,58,59,60)(H,61,62,63);;/q;2*+1/p-2/b16-13+;;/t30-,31-,32+,33+,34-,35-,36+,37+,38+,39-,40-,41-,42+,43-,44+,45-,46-,47+,48+,49+,50-,51-,52+,53+,54-,55-;;/m0../s1. The summed E-state index contributed by atoms with van der Waals surface area (Å²) in [5, 5.41) is 23.9. The molecule has 0 radical (unpaired) electrons. The van der Waals surface area contributed by atoms with Gasteiger partial charge < -0.3 is 71.4 Å². The first-order valence-electron chi connectivity index (χ1n) is 28.1. The summed E-state index contributed by atoms with van der Waals surface area (Å²) >= 11 is 0. The van der Waals surface area contributed by atoms with Crippen molar-refractivity contribution in [3.8, 4) is 0 Å². The number of allylic oxidation sites excluding steroid dienone is 3. The van der Waals surface area contributed by atoms with Gasteiger partial charge in [-0.2, -0.15) is 0 Å². The van der Waals surface area contributed by atoms with Crippen molar-refractivity contribution in [2.45, 2.75) is 282 Å². The van der Waals surface area contributed by atoms with Gasteiger partial charge in [0.1, 0.15) is 35.6 Å². The second-order valence-corrected chi connectivity index (χ2v) is 27.6. The Labute approximate surface area is 515 Å². The zero-order valence-corrected chi connectivity index (χ0v) is 53.2. The summed E-state index contributed by atoms with van der Waals surface area (Å²) in [4.78, 5) is 0. The second kappa shape index (κ2) is 23.9. The van der Waals surface area contributed by atoms with Gasteiger partial charge in [0.2, 0.25) is 20.8 Å². The predicted octanol–water partition coefficient (Wildman–Crippen LogP) is -1.62. The van der Waals surface area contributed by atoms with Gasteiger partial charge in [0.25, 0.3) is 0 Å². The summed E-state index contributed by atoms with van der Waals surface area (Å²) < 4.78 is 154. The molecule has 0 aromatic heterocycles. The third kappa shape index (κ3) is 12.9. The minimum absolute atomic E-state index is 0. The Morgan fingerprint density at radius 3 is 1.96 bits per heavy atom. The molecule has 11 saturated heterocycles. The Kier molecular flexibility index (Phi) is 19.3. The fourth-order valence-corrected chi connectivity index (χ4v) is 16.4. The summed E-state index contributed by atoms with van der Waals surface area (Å²) in [5.74, 6) is -0.0154. The normalized spacial score (nSPS) is 49.6. The largest absolute Gasteiger partial charge is 1.00 e. The number of hydrogen-bond acceptors (Lipinski definition) is 21. The van der Waals surface area contributed by atoms with E-state index >= 15 is 0 Å². The van der Waals surface area contributed by atoms with Crippen LogP contribution in [0.4, 0.5) is 0 Å². The van der Waals surface area contributed by atoms with Gasteiger partial charge in [-0.05, 0) is 91.1 Å². The van der Waals surface area contributed by atoms with Crippen molar-refractivity contribution in [3.05, 3.63) is 49.1 Å². The van der Waals surface area contributed by atoms with Gasteiger partial charge in [0, 0.05) is 44.9 Å². The molecule has 11 fully saturated rings. The first-order valence-corrected chi connectivity index (χ1v) is 30.8. The van der Waals surface area contributed by atoms with Crippen molar-refractivity contribution in [1.82, 2.24) is 0 Å². The van der Waals surface area contributed by atoms with Crippen LogP contribution in [-0.2, 0) is 81.3 Å². The van der Waals surface area contributed by atoms with Crippen LogP contribution in [0.3, 0.4) is 0 Å². The van der Waals surface area contributed by atoms with Gasteiger partial charge in [-0.25, -0.2) is 16.8 Å². The topological polar surface area (TPSA) is 275 Å². The minimum atomic E-state index is -5.16. The van der Waals surface area contributed by atoms with Gasteiger partial charge in [-0.3, -0.25) is 8.37 Å². The zero-order chi connectivity index (χ0) is 55.7. The van der Waals surface area contributed by atoms with E-state index < -0.39 is 129 Å². The summed E-state index contributed by atoms with van der Waals surface area (Å²) in [7, 11) is -10.1. The molecule has 0 aliphatic carbocycles. The first-order chi connectivity index (χ1) is 36.5. The minimum Gasteiger partial charge on any atom is -0.726 e. The first kappa shape index (κ1) is 64.6. The SMILES string of the molecule is C=CCC(=C)/C=C/[C@](C)(O)[C@H]1O[C@@H]2C[C@@H]3O[C@@H]4C[C@@H]5O[C@@H]6C[C@@H]7O[C@@H]8C[C@@H]9O[C@@H]%10C[C@@H]%11O[C@](C)(CCCOS(=O)(=O)[O-])[C@@H](OS(=O)(=O)[O-])C[C@H]%11O[C@H]%10C[C@H]9O[C@H]8CC[C@@]7(C)O[C@@]6(C)C[C@H](C)[C@H]5O[C@H]4[C@@H](O)[C@@]3(C)O[C@H]2CC1=C.[Na+].[Na+]. The van der Waals surface area contributed by atoms with Crippen LogP contribution in [0.15, 0.2) is 49.1 Å². The van der Waals surface area contributed by atoms with E-state index in [4.69, 9.17) is 56.3 Å². The molecule has 2 N–H and O–H groups in total. The van der Waals surface area contributed by atoms with Gasteiger partial charge in [-0.1, -0.05) is 43.9 Å². The van der Waals surface area contributed by atoms with Crippen LogP contribution in [0.25, 0.3) is 0 Å². The van der Waals surface area contributed by atoms with Crippen molar-refractivity contribution in [1.29, 1.82) is 0 Å². The molecule has 11 rings (SSSR count). The predicted molar refractivity (Wildman–Crippen MR) is 272 cm³/mol. The number of ether oxygens (including phenoxy) is 11.